The fourth-order valence-corrected chi connectivity index (χ4v) is 3.02. The van der Waals surface area contributed by atoms with Gasteiger partial charge in [-0.1, -0.05) is 15.9 Å². The minimum atomic E-state index is -3.06. The van der Waals surface area contributed by atoms with Gasteiger partial charge in [-0.05, 0) is 37.6 Å². The molecule has 0 radical (unpaired) electrons. The molecule has 0 saturated carbocycles. The Morgan fingerprint density at radius 3 is 2.71 bits per heavy atom. The average Bonchev–Trinajstić information content (AvgIpc) is 2.60. The van der Waals surface area contributed by atoms with Gasteiger partial charge in [-0.3, -0.25) is 0 Å². The normalized spacial score (nSPS) is 12.5. The number of benzene rings is 1. The van der Waals surface area contributed by atoms with Gasteiger partial charge in [-0.2, -0.15) is 0 Å². The van der Waals surface area contributed by atoms with Crippen LogP contribution in [0.25, 0.3) is 10.9 Å². The summed E-state index contributed by atoms with van der Waals surface area (Å²) in [6, 6.07) is 5.81. The van der Waals surface area contributed by atoms with Crippen LogP contribution in [0.2, 0.25) is 0 Å². The van der Waals surface area contributed by atoms with Crippen molar-refractivity contribution in [2.45, 2.75) is 24.9 Å². The van der Waals surface area contributed by atoms with Crippen LogP contribution in [0.15, 0.2) is 28.9 Å². The Morgan fingerprint density at radius 2 is 2.06 bits per heavy atom. The summed E-state index contributed by atoms with van der Waals surface area (Å²) in [5, 5.41) is 0.614. The van der Waals surface area contributed by atoms with Crippen LogP contribution < -0.4 is 0 Å². The molecule has 1 heterocycles. The van der Waals surface area contributed by atoms with Crippen molar-refractivity contribution < 1.29 is 8.42 Å². The van der Waals surface area contributed by atoms with Gasteiger partial charge in [0.2, 0.25) is 0 Å². The number of sulfone groups is 1. The van der Waals surface area contributed by atoms with Crippen LogP contribution in [-0.2, 0) is 15.6 Å². The molecule has 17 heavy (non-hydrogen) atoms. The van der Waals surface area contributed by atoms with Crippen molar-refractivity contribution in [3.63, 3.8) is 0 Å². The van der Waals surface area contributed by atoms with Crippen molar-refractivity contribution in [3.8, 4) is 0 Å². The van der Waals surface area contributed by atoms with E-state index in [0.29, 0.717) is 0 Å². The van der Waals surface area contributed by atoms with Gasteiger partial charge in [-0.25, -0.2) is 8.42 Å². The Balaban J connectivity index is 2.47. The summed E-state index contributed by atoms with van der Waals surface area (Å²) in [7, 11) is -3.06. The molecule has 0 amide bonds. The summed E-state index contributed by atoms with van der Waals surface area (Å²) in [5.74, 6) is 0.0844. The smallest absolute Gasteiger partial charge is 0.156 e. The number of nitrogens with one attached hydrogen (secondary N) is 1. The second-order valence-corrected chi connectivity index (χ2v) is 7.83. The van der Waals surface area contributed by atoms with E-state index in [-0.39, 0.29) is 11.0 Å². The second kappa shape index (κ2) is 4.46. The Labute approximate surface area is 109 Å². The maximum Gasteiger partial charge on any atom is 0.156 e. The monoisotopic (exact) mass is 315 g/mol. The van der Waals surface area contributed by atoms with E-state index < -0.39 is 9.84 Å². The predicted octanol–water partition coefficient (Wildman–Crippen LogP) is 3.25. The molecule has 3 nitrogen and oxygen atoms in total. The van der Waals surface area contributed by atoms with E-state index in [0.717, 1.165) is 20.9 Å². The van der Waals surface area contributed by atoms with Gasteiger partial charge in [-0.15, -0.1) is 0 Å². The quantitative estimate of drug-likeness (QED) is 0.945. The zero-order chi connectivity index (χ0) is 12.6. The largest absolute Gasteiger partial charge is 0.361 e. The Kier molecular flexibility index (Phi) is 3.32. The Bertz CT molecular complexity index is 644. The van der Waals surface area contributed by atoms with Crippen LogP contribution in [-0.4, -0.2) is 18.7 Å². The van der Waals surface area contributed by atoms with E-state index in [1.54, 1.807) is 20.0 Å². The van der Waals surface area contributed by atoms with Crippen LogP contribution in [0.1, 0.15) is 19.4 Å². The lowest BCUT2D eigenvalue weighted by atomic mass is 10.2. The number of halogens is 1. The summed E-state index contributed by atoms with van der Waals surface area (Å²) in [6.07, 6.45) is 1.77. The molecule has 5 heteroatoms. The average molecular weight is 316 g/mol. The molecule has 0 saturated heterocycles. The number of H-pyrrole nitrogens is 1. The molecule has 1 aromatic heterocycles. The van der Waals surface area contributed by atoms with Gasteiger partial charge >= 0.3 is 0 Å². The zero-order valence-electron chi connectivity index (χ0n) is 9.70. The number of aromatic nitrogens is 1. The molecule has 0 fully saturated rings. The van der Waals surface area contributed by atoms with E-state index in [1.807, 2.05) is 18.2 Å². The molecule has 0 unspecified atom stereocenters. The maximum absolute atomic E-state index is 11.9. The topological polar surface area (TPSA) is 49.9 Å². The van der Waals surface area contributed by atoms with Gasteiger partial charge in [0.05, 0.1) is 11.0 Å². The molecule has 0 bridgehead atoms. The minimum absolute atomic E-state index is 0.0844. The van der Waals surface area contributed by atoms with Crippen molar-refractivity contribution in [3.05, 3.63) is 34.4 Å². The first-order chi connectivity index (χ1) is 7.90. The number of fused-ring (bicyclic) bond motifs is 1. The Hall–Kier alpha value is -0.810. The number of hydrogen-bond acceptors (Lipinski definition) is 2. The van der Waals surface area contributed by atoms with Crippen LogP contribution in [0, 0.1) is 0 Å². The van der Waals surface area contributed by atoms with E-state index >= 15 is 0 Å². The molecule has 1 N–H and O–H groups in total. The molecule has 2 aromatic rings. The van der Waals surface area contributed by atoms with Gasteiger partial charge in [0, 0.05) is 21.6 Å². The first-order valence-corrected chi connectivity index (χ1v) is 7.88. The van der Waals surface area contributed by atoms with Crippen LogP contribution >= 0.6 is 15.9 Å². The number of hydrogen-bond donors (Lipinski definition) is 1. The summed E-state index contributed by atoms with van der Waals surface area (Å²) < 4.78 is 24.8. The molecule has 92 valence electrons. The van der Waals surface area contributed by atoms with Gasteiger partial charge in [0.15, 0.2) is 9.84 Å². The van der Waals surface area contributed by atoms with Crippen LogP contribution in [0.5, 0.6) is 0 Å². The third-order valence-corrected chi connectivity index (χ3v) is 5.45. The summed E-state index contributed by atoms with van der Waals surface area (Å²) in [6.45, 7) is 3.42. The van der Waals surface area contributed by atoms with E-state index in [9.17, 15) is 8.42 Å². The van der Waals surface area contributed by atoms with Crippen molar-refractivity contribution in [2.24, 2.45) is 0 Å². The summed E-state index contributed by atoms with van der Waals surface area (Å²) in [4.78, 5) is 3.09. The van der Waals surface area contributed by atoms with Crippen LogP contribution in [0.4, 0.5) is 0 Å². The lowest BCUT2D eigenvalue weighted by Crippen LogP contribution is -2.15. The lowest BCUT2D eigenvalue weighted by Gasteiger charge is -2.06. The van der Waals surface area contributed by atoms with E-state index in [2.05, 4.69) is 20.9 Å². The van der Waals surface area contributed by atoms with Crippen molar-refractivity contribution >= 4 is 36.7 Å². The molecular formula is C12H14BrNO2S. The van der Waals surface area contributed by atoms with Crippen molar-refractivity contribution in [1.82, 2.24) is 4.98 Å². The lowest BCUT2D eigenvalue weighted by molar-refractivity contribution is 0.586. The molecule has 0 aliphatic rings. The fourth-order valence-electron chi connectivity index (χ4n) is 1.65. The van der Waals surface area contributed by atoms with E-state index in [4.69, 9.17) is 0 Å². The predicted molar refractivity (Wildman–Crippen MR) is 73.8 cm³/mol. The van der Waals surface area contributed by atoms with Gasteiger partial charge < -0.3 is 4.98 Å². The van der Waals surface area contributed by atoms with E-state index in [1.165, 1.54) is 0 Å². The molecule has 0 aliphatic carbocycles. The molecule has 0 spiro atoms. The molecule has 0 atom stereocenters. The summed E-state index contributed by atoms with van der Waals surface area (Å²) >= 11 is 3.40. The zero-order valence-corrected chi connectivity index (χ0v) is 12.1. The van der Waals surface area contributed by atoms with Gasteiger partial charge in [0.25, 0.3) is 0 Å². The molecular weight excluding hydrogens is 302 g/mol. The van der Waals surface area contributed by atoms with Gasteiger partial charge in [0.1, 0.15) is 0 Å². The summed E-state index contributed by atoms with van der Waals surface area (Å²) in [5.41, 5.74) is 1.79. The third-order valence-electron chi connectivity index (χ3n) is 2.80. The minimum Gasteiger partial charge on any atom is -0.361 e. The number of rotatable bonds is 3. The SMILES string of the molecule is CC(C)S(=O)(=O)Cc1c[nH]c2ccc(Br)cc12. The highest BCUT2D eigenvalue weighted by molar-refractivity contribution is 9.10. The third kappa shape index (κ3) is 2.55. The molecule has 0 aliphatic heterocycles. The Morgan fingerprint density at radius 1 is 1.35 bits per heavy atom. The maximum atomic E-state index is 11.9. The molecule has 2 rings (SSSR count). The fraction of sp³-hybridized carbons (Fsp3) is 0.333. The highest BCUT2D eigenvalue weighted by Gasteiger charge is 2.18. The number of aromatic amines is 1. The van der Waals surface area contributed by atoms with Crippen molar-refractivity contribution in [1.29, 1.82) is 0 Å². The highest BCUT2D eigenvalue weighted by Crippen LogP contribution is 2.24. The van der Waals surface area contributed by atoms with Crippen molar-refractivity contribution in [2.75, 3.05) is 0 Å². The molecule has 1 aromatic carbocycles. The van der Waals surface area contributed by atoms with Crippen LogP contribution in [0.3, 0.4) is 0 Å². The standard InChI is InChI=1S/C12H14BrNO2S/c1-8(2)17(15,16)7-9-6-14-12-4-3-10(13)5-11(9)12/h3-6,8,14H,7H2,1-2H3. The first kappa shape index (κ1) is 12.6. The first-order valence-electron chi connectivity index (χ1n) is 5.37. The second-order valence-electron chi connectivity index (χ2n) is 4.36. The highest BCUT2D eigenvalue weighted by atomic mass is 79.9.